The van der Waals surface area contributed by atoms with Gasteiger partial charge in [0.2, 0.25) is 0 Å². The van der Waals surface area contributed by atoms with Gasteiger partial charge in [0.25, 0.3) is 11.2 Å². The first-order valence-corrected chi connectivity index (χ1v) is 16.4. The largest absolute Gasteiger partial charge is 0.493 e. The van der Waals surface area contributed by atoms with E-state index >= 15 is 0 Å². The number of aromatic nitrogens is 1. The van der Waals surface area contributed by atoms with E-state index in [4.69, 9.17) is 14.5 Å². The summed E-state index contributed by atoms with van der Waals surface area (Å²) < 4.78 is 14.1. The third kappa shape index (κ3) is 5.18. The minimum atomic E-state index is -0.508. The molecule has 8 rings (SSSR count). The molecule has 0 saturated heterocycles. The molecule has 0 fully saturated rings. The van der Waals surface area contributed by atoms with Crippen molar-refractivity contribution in [2.45, 2.75) is 25.5 Å². The maximum Gasteiger partial charge on any atom is 0.271 e. The number of thiazole rings is 1. The van der Waals surface area contributed by atoms with E-state index in [0.717, 1.165) is 45.2 Å². The van der Waals surface area contributed by atoms with Crippen molar-refractivity contribution in [3.8, 4) is 11.5 Å². The zero-order valence-electron chi connectivity index (χ0n) is 26.0. The fraction of sp³-hybridized carbons (Fsp3) is 0.128. The van der Waals surface area contributed by atoms with Gasteiger partial charge in [-0.2, -0.15) is 0 Å². The molecule has 0 radical (unpaired) electrons. The summed E-state index contributed by atoms with van der Waals surface area (Å²) >= 11 is 1.31. The Morgan fingerprint density at radius 3 is 2.62 bits per heavy atom. The van der Waals surface area contributed by atoms with Gasteiger partial charge in [-0.3, -0.25) is 19.5 Å². The molecule has 9 heteroatoms. The third-order valence-corrected chi connectivity index (χ3v) is 10.0. The second-order valence-corrected chi connectivity index (χ2v) is 12.8. The van der Waals surface area contributed by atoms with Crippen molar-refractivity contribution in [2.75, 3.05) is 7.11 Å². The molecule has 5 aromatic carbocycles. The second kappa shape index (κ2) is 12.1. The summed E-state index contributed by atoms with van der Waals surface area (Å²) in [6.07, 6.45) is 3.33. The molecule has 0 unspecified atom stereocenters. The second-order valence-electron chi connectivity index (χ2n) is 11.8. The highest BCUT2D eigenvalue weighted by Gasteiger charge is 2.33. The molecular weight excluding hydrogens is 623 g/mol. The van der Waals surface area contributed by atoms with Crippen molar-refractivity contribution in [3.05, 3.63) is 172 Å². The van der Waals surface area contributed by atoms with Gasteiger partial charge in [-0.15, -0.1) is 0 Å². The topological polar surface area (TPSA) is 96.0 Å². The number of nitrogens with zero attached hydrogens (tertiary/aromatic N) is 3. The number of aryl methyl sites for hydroxylation is 1. The number of fused-ring (bicyclic) bond motifs is 4. The summed E-state index contributed by atoms with van der Waals surface area (Å²) in [5.41, 5.74) is 6.39. The predicted molar refractivity (Wildman–Crippen MR) is 187 cm³/mol. The van der Waals surface area contributed by atoms with Crippen LogP contribution < -0.4 is 24.4 Å². The van der Waals surface area contributed by atoms with Crippen molar-refractivity contribution < 1.29 is 14.4 Å². The minimum Gasteiger partial charge on any atom is -0.493 e. The van der Waals surface area contributed by atoms with Gasteiger partial charge in [0, 0.05) is 17.7 Å². The van der Waals surface area contributed by atoms with E-state index in [1.807, 2.05) is 60.7 Å². The van der Waals surface area contributed by atoms with Gasteiger partial charge < -0.3 is 9.47 Å². The molecule has 48 heavy (non-hydrogen) atoms. The van der Waals surface area contributed by atoms with Crippen LogP contribution in [0.4, 0.5) is 5.69 Å². The van der Waals surface area contributed by atoms with Crippen molar-refractivity contribution in [1.82, 2.24) is 4.57 Å². The van der Waals surface area contributed by atoms with Crippen LogP contribution in [0.5, 0.6) is 11.5 Å². The monoisotopic (exact) mass is 651 g/mol. The molecule has 0 N–H and O–H groups in total. The fourth-order valence-electron chi connectivity index (χ4n) is 6.75. The first-order valence-electron chi connectivity index (χ1n) is 15.6. The van der Waals surface area contributed by atoms with E-state index in [0.29, 0.717) is 39.4 Å². The maximum absolute atomic E-state index is 14.2. The maximum atomic E-state index is 14.2. The summed E-state index contributed by atoms with van der Waals surface area (Å²) in [5, 5.41) is 14.0. The Hall–Kier alpha value is -5.80. The molecule has 0 amide bonds. The standard InChI is InChI=1S/C39H29N3O5S/c1-46-34-20-24(16-19-33(34)47-23-28-12-6-10-25-8-2-4-14-30(25)28)21-35-38(43)41-37(27-11-7-13-29(22-27)42(44)45)32-18-17-26-9-3-5-15-31(26)36(32)40-39(41)48-35/h2-16,19-22,37H,17-18,23H2,1H3/b35-21+/t37-/m0/s1. The Bertz CT molecular complexity index is 2470. The first-order chi connectivity index (χ1) is 23.5. The van der Waals surface area contributed by atoms with Crippen LogP contribution in [-0.2, 0) is 13.0 Å². The summed E-state index contributed by atoms with van der Waals surface area (Å²) in [5.74, 6) is 1.15. The summed E-state index contributed by atoms with van der Waals surface area (Å²) in [7, 11) is 1.60. The fourth-order valence-corrected chi connectivity index (χ4v) is 7.75. The number of nitro groups is 1. The Balaban J connectivity index is 1.19. The van der Waals surface area contributed by atoms with Gasteiger partial charge >= 0.3 is 0 Å². The van der Waals surface area contributed by atoms with Crippen LogP contribution in [0, 0.1) is 10.1 Å². The van der Waals surface area contributed by atoms with E-state index in [2.05, 4.69) is 36.4 Å². The number of rotatable bonds is 7. The number of hydrogen-bond acceptors (Lipinski definition) is 7. The lowest BCUT2D eigenvalue weighted by Gasteiger charge is -2.30. The Kier molecular flexibility index (Phi) is 7.46. The van der Waals surface area contributed by atoms with Crippen molar-refractivity contribution in [2.24, 2.45) is 4.99 Å². The number of hydrogen-bond donors (Lipinski definition) is 0. The van der Waals surface area contributed by atoms with Crippen LogP contribution in [0.2, 0.25) is 0 Å². The molecular formula is C39H29N3O5S. The van der Waals surface area contributed by atoms with Crippen LogP contribution in [0.15, 0.2) is 125 Å². The lowest BCUT2D eigenvalue weighted by molar-refractivity contribution is -0.384. The molecule has 1 aromatic heterocycles. The highest BCUT2D eigenvalue weighted by atomic mass is 32.1. The SMILES string of the molecule is COc1cc(/C=c2/sc3n(c2=O)[C@@H](c2cccc([N+](=O)[O-])c2)C2=C(N=3)c3ccccc3CC2)ccc1OCc1cccc2ccccc12. The van der Waals surface area contributed by atoms with Crippen LogP contribution in [0.25, 0.3) is 22.5 Å². The zero-order valence-corrected chi connectivity index (χ0v) is 26.8. The average Bonchev–Trinajstić information content (AvgIpc) is 3.43. The number of nitro benzene ring substituents is 1. The van der Waals surface area contributed by atoms with Crippen LogP contribution in [0.1, 0.15) is 40.3 Å². The minimum absolute atomic E-state index is 0.0140. The summed E-state index contributed by atoms with van der Waals surface area (Å²) in [6.45, 7) is 0.376. The molecule has 6 aromatic rings. The number of benzene rings is 5. The van der Waals surface area contributed by atoms with E-state index in [1.54, 1.807) is 23.8 Å². The number of ether oxygens (including phenoxy) is 2. The Morgan fingerprint density at radius 1 is 0.938 bits per heavy atom. The molecule has 8 nitrogen and oxygen atoms in total. The molecule has 0 spiro atoms. The quantitative estimate of drug-likeness (QED) is 0.137. The normalized spacial score (nSPS) is 15.4. The van der Waals surface area contributed by atoms with Crippen molar-refractivity contribution in [3.63, 3.8) is 0 Å². The molecule has 1 aliphatic heterocycles. The van der Waals surface area contributed by atoms with E-state index in [1.165, 1.54) is 23.0 Å². The Labute approximate surface area is 279 Å². The van der Waals surface area contributed by atoms with Gasteiger partial charge in [0.1, 0.15) is 6.61 Å². The van der Waals surface area contributed by atoms with Gasteiger partial charge in [-0.1, -0.05) is 96.3 Å². The molecule has 0 saturated carbocycles. The van der Waals surface area contributed by atoms with E-state index in [-0.39, 0.29) is 11.2 Å². The summed E-state index contributed by atoms with van der Waals surface area (Å²) in [4.78, 5) is 31.1. The lowest BCUT2D eigenvalue weighted by Crippen LogP contribution is -2.38. The lowest BCUT2D eigenvalue weighted by atomic mass is 9.83. The summed E-state index contributed by atoms with van der Waals surface area (Å²) in [6, 6.07) is 34.2. The predicted octanol–water partition coefficient (Wildman–Crippen LogP) is 6.97. The van der Waals surface area contributed by atoms with Crippen LogP contribution in [0.3, 0.4) is 0 Å². The van der Waals surface area contributed by atoms with Crippen molar-refractivity contribution >= 4 is 39.6 Å². The number of allylic oxidation sites excluding steroid dienone is 1. The molecule has 2 aliphatic rings. The van der Waals surface area contributed by atoms with Gasteiger partial charge in [0.15, 0.2) is 16.3 Å². The Morgan fingerprint density at radius 2 is 1.75 bits per heavy atom. The third-order valence-electron chi connectivity index (χ3n) is 9.02. The molecule has 1 atom stereocenters. The molecule has 236 valence electrons. The molecule has 2 heterocycles. The molecule has 1 aliphatic carbocycles. The first kappa shape index (κ1) is 29.6. The van der Waals surface area contributed by atoms with E-state index in [9.17, 15) is 14.9 Å². The van der Waals surface area contributed by atoms with Crippen molar-refractivity contribution in [1.29, 1.82) is 0 Å². The highest BCUT2D eigenvalue weighted by Crippen LogP contribution is 2.41. The van der Waals surface area contributed by atoms with Gasteiger partial charge in [-0.25, -0.2) is 4.99 Å². The number of methoxy groups -OCH3 is 1. The molecule has 0 bridgehead atoms. The zero-order chi connectivity index (χ0) is 32.8. The highest BCUT2D eigenvalue weighted by molar-refractivity contribution is 7.07. The van der Waals surface area contributed by atoms with Crippen LogP contribution >= 0.6 is 11.3 Å². The smallest absolute Gasteiger partial charge is 0.271 e. The van der Waals surface area contributed by atoms with E-state index < -0.39 is 11.0 Å². The van der Waals surface area contributed by atoms with Gasteiger partial charge in [0.05, 0.1) is 28.3 Å². The average molecular weight is 652 g/mol. The number of non-ortho nitro benzene ring substituents is 1. The van der Waals surface area contributed by atoms with Gasteiger partial charge in [-0.05, 0) is 69.6 Å². The van der Waals surface area contributed by atoms with Crippen LogP contribution in [-0.4, -0.2) is 16.6 Å².